The fourth-order valence-corrected chi connectivity index (χ4v) is 3.05. The summed E-state index contributed by atoms with van der Waals surface area (Å²) >= 11 is 0. The second-order valence-corrected chi connectivity index (χ2v) is 6.54. The Kier molecular flexibility index (Phi) is 6.34. The van der Waals surface area contributed by atoms with Gasteiger partial charge in [0.2, 0.25) is 0 Å². The first-order chi connectivity index (χ1) is 14.0. The summed E-state index contributed by atoms with van der Waals surface area (Å²) in [4.78, 5) is 16.9. The molecular formula is C23H25N3O3. The molecule has 0 spiro atoms. The minimum absolute atomic E-state index is 0.272. The summed E-state index contributed by atoms with van der Waals surface area (Å²) in [5, 5.41) is 6.22. The van der Waals surface area contributed by atoms with E-state index in [-0.39, 0.29) is 5.91 Å². The van der Waals surface area contributed by atoms with E-state index in [4.69, 9.17) is 9.47 Å². The van der Waals surface area contributed by atoms with Crippen LogP contribution in [0, 0.1) is 6.92 Å². The fraction of sp³-hybridized carbons (Fsp3) is 0.217. The number of rotatable bonds is 7. The number of anilines is 3. The van der Waals surface area contributed by atoms with Crippen LogP contribution in [0.25, 0.3) is 0 Å². The molecule has 2 N–H and O–H groups in total. The molecule has 6 nitrogen and oxygen atoms in total. The highest BCUT2D eigenvalue weighted by molar-refractivity contribution is 6.04. The molecule has 1 heterocycles. The highest BCUT2D eigenvalue weighted by Gasteiger charge is 2.12. The van der Waals surface area contributed by atoms with Gasteiger partial charge in [-0.1, -0.05) is 25.1 Å². The zero-order valence-electron chi connectivity index (χ0n) is 17.1. The maximum absolute atomic E-state index is 12.5. The van der Waals surface area contributed by atoms with Crippen molar-refractivity contribution in [3.63, 3.8) is 0 Å². The molecule has 6 heteroatoms. The number of methoxy groups -OCH3 is 2. The summed E-state index contributed by atoms with van der Waals surface area (Å²) in [6.07, 6.45) is 2.65. The molecule has 0 bridgehead atoms. The number of nitrogens with one attached hydrogen (secondary N) is 2. The Bertz CT molecular complexity index is 1000. The van der Waals surface area contributed by atoms with E-state index in [1.165, 1.54) is 18.2 Å². The summed E-state index contributed by atoms with van der Waals surface area (Å²) in [5.74, 6) is 1.26. The zero-order valence-corrected chi connectivity index (χ0v) is 17.1. The van der Waals surface area contributed by atoms with Crippen LogP contribution in [-0.2, 0) is 6.42 Å². The van der Waals surface area contributed by atoms with Crippen molar-refractivity contribution in [3.05, 3.63) is 71.4 Å². The number of benzene rings is 2. The highest BCUT2D eigenvalue weighted by atomic mass is 16.5. The van der Waals surface area contributed by atoms with Crippen LogP contribution in [0.3, 0.4) is 0 Å². The van der Waals surface area contributed by atoms with E-state index in [0.717, 1.165) is 17.8 Å². The maximum Gasteiger partial charge on any atom is 0.256 e. The molecule has 0 radical (unpaired) electrons. The monoisotopic (exact) mass is 391 g/mol. The van der Waals surface area contributed by atoms with E-state index < -0.39 is 0 Å². The van der Waals surface area contributed by atoms with Crippen LogP contribution < -0.4 is 20.1 Å². The minimum Gasteiger partial charge on any atom is -0.493 e. The van der Waals surface area contributed by atoms with Crippen molar-refractivity contribution >= 4 is 23.1 Å². The molecule has 1 aromatic heterocycles. The number of aryl methyl sites for hydroxylation is 2. The molecule has 0 saturated carbocycles. The Labute approximate surface area is 170 Å². The van der Waals surface area contributed by atoms with Gasteiger partial charge in [0.25, 0.3) is 5.91 Å². The lowest BCUT2D eigenvalue weighted by molar-refractivity contribution is 0.102. The number of carbonyl (C=O) groups is 1. The molecule has 0 aliphatic carbocycles. The maximum atomic E-state index is 12.5. The summed E-state index contributed by atoms with van der Waals surface area (Å²) in [6.45, 7) is 4.21. The number of para-hydroxylation sites is 1. The van der Waals surface area contributed by atoms with Gasteiger partial charge in [-0.2, -0.15) is 0 Å². The average molecular weight is 391 g/mol. The van der Waals surface area contributed by atoms with Gasteiger partial charge in [0.15, 0.2) is 11.5 Å². The van der Waals surface area contributed by atoms with Gasteiger partial charge in [-0.05, 0) is 54.8 Å². The van der Waals surface area contributed by atoms with E-state index in [1.807, 2.05) is 6.07 Å². The van der Waals surface area contributed by atoms with Crippen LogP contribution in [0.4, 0.5) is 17.2 Å². The lowest BCUT2D eigenvalue weighted by atomic mass is 10.1. The Morgan fingerprint density at radius 2 is 1.83 bits per heavy atom. The predicted molar refractivity (Wildman–Crippen MR) is 116 cm³/mol. The number of carbonyl (C=O) groups excluding carboxylic acids is 1. The first-order valence-corrected chi connectivity index (χ1v) is 9.40. The third kappa shape index (κ3) is 4.66. The lowest BCUT2D eigenvalue weighted by Crippen LogP contribution is -2.13. The number of amides is 1. The topological polar surface area (TPSA) is 72.5 Å². The van der Waals surface area contributed by atoms with E-state index >= 15 is 0 Å². The second-order valence-electron chi connectivity index (χ2n) is 6.54. The first kappa shape index (κ1) is 20.2. The van der Waals surface area contributed by atoms with Gasteiger partial charge in [0.05, 0.1) is 26.1 Å². The molecule has 150 valence electrons. The first-order valence-electron chi connectivity index (χ1n) is 9.40. The van der Waals surface area contributed by atoms with Gasteiger partial charge >= 0.3 is 0 Å². The van der Waals surface area contributed by atoms with Crippen molar-refractivity contribution in [1.29, 1.82) is 0 Å². The molecule has 2 aromatic carbocycles. The smallest absolute Gasteiger partial charge is 0.256 e. The van der Waals surface area contributed by atoms with E-state index in [9.17, 15) is 4.79 Å². The Hall–Kier alpha value is -3.54. The van der Waals surface area contributed by atoms with Crippen molar-refractivity contribution in [1.82, 2.24) is 4.98 Å². The standard InChI is InChI=1S/C23H25N3O3/c1-5-16-8-6-7-15(2)22(16)25-18-10-12-21(24-14-18)26-23(27)17-9-11-19(28-3)20(13-17)29-4/h6-14,25H,5H2,1-4H3,(H,24,26,27). The Morgan fingerprint density at radius 1 is 1.03 bits per heavy atom. The Morgan fingerprint density at radius 3 is 2.48 bits per heavy atom. The van der Waals surface area contributed by atoms with Crippen LogP contribution in [0.2, 0.25) is 0 Å². The van der Waals surface area contributed by atoms with Crippen molar-refractivity contribution in [2.75, 3.05) is 24.9 Å². The van der Waals surface area contributed by atoms with Gasteiger partial charge in [0, 0.05) is 11.3 Å². The van der Waals surface area contributed by atoms with E-state index in [0.29, 0.717) is 22.9 Å². The lowest BCUT2D eigenvalue weighted by Gasteiger charge is -2.14. The van der Waals surface area contributed by atoms with Crippen LogP contribution >= 0.6 is 0 Å². The molecule has 3 aromatic rings. The second kappa shape index (κ2) is 9.10. The van der Waals surface area contributed by atoms with Crippen molar-refractivity contribution in [2.45, 2.75) is 20.3 Å². The number of pyridine rings is 1. The summed E-state index contributed by atoms with van der Waals surface area (Å²) in [7, 11) is 3.09. The van der Waals surface area contributed by atoms with Crippen molar-refractivity contribution in [2.24, 2.45) is 0 Å². The molecule has 0 atom stereocenters. The van der Waals surface area contributed by atoms with Gasteiger partial charge < -0.3 is 20.1 Å². The zero-order chi connectivity index (χ0) is 20.8. The number of aromatic nitrogens is 1. The Balaban J connectivity index is 1.72. The molecule has 0 saturated heterocycles. The molecule has 0 aliphatic heterocycles. The molecule has 3 rings (SSSR count). The van der Waals surface area contributed by atoms with Gasteiger partial charge in [-0.15, -0.1) is 0 Å². The fourth-order valence-electron chi connectivity index (χ4n) is 3.05. The van der Waals surface area contributed by atoms with Gasteiger partial charge in [-0.25, -0.2) is 4.98 Å². The van der Waals surface area contributed by atoms with Crippen LogP contribution in [0.1, 0.15) is 28.4 Å². The minimum atomic E-state index is -0.272. The highest BCUT2D eigenvalue weighted by Crippen LogP contribution is 2.28. The summed E-state index contributed by atoms with van der Waals surface area (Å²) < 4.78 is 10.4. The van der Waals surface area contributed by atoms with Crippen LogP contribution in [-0.4, -0.2) is 25.1 Å². The molecular weight excluding hydrogens is 366 g/mol. The van der Waals surface area contributed by atoms with Gasteiger partial charge in [0.1, 0.15) is 5.82 Å². The normalized spacial score (nSPS) is 10.3. The van der Waals surface area contributed by atoms with Crippen LogP contribution in [0.15, 0.2) is 54.7 Å². The largest absolute Gasteiger partial charge is 0.493 e. The summed E-state index contributed by atoms with van der Waals surface area (Å²) in [6, 6.07) is 14.9. The van der Waals surface area contributed by atoms with Crippen molar-refractivity contribution < 1.29 is 14.3 Å². The SMILES string of the molecule is CCc1cccc(C)c1Nc1ccc(NC(=O)c2ccc(OC)c(OC)c2)nc1. The number of hydrogen-bond acceptors (Lipinski definition) is 5. The van der Waals surface area contributed by atoms with Crippen molar-refractivity contribution in [3.8, 4) is 11.5 Å². The number of hydrogen-bond donors (Lipinski definition) is 2. The molecule has 1 amide bonds. The number of ether oxygens (including phenoxy) is 2. The molecule has 0 unspecified atom stereocenters. The van der Waals surface area contributed by atoms with Crippen LogP contribution in [0.5, 0.6) is 11.5 Å². The third-order valence-electron chi connectivity index (χ3n) is 4.66. The molecule has 29 heavy (non-hydrogen) atoms. The molecule has 0 aliphatic rings. The quantitative estimate of drug-likeness (QED) is 0.595. The third-order valence-corrected chi connectivity index (χ3v) is 4.66. The molecule has 0 fully saturated rings. The predicted octanol–water partition coefficient (Wildman–Crippen LogP) is 4.97. The average Bonchev–Trinajstić information content (AvgIpc) is 2.75. The van der Waals surface area contributed by atoms with E-state index in [2.05, 4.69) is 47.7 Å². The number of nitrogens with zero attached hydrogens (tertiary/aromatic N) is 1. The van der Waals surface area contributed by atoms with E-state index in [1.54, 1.807) is 37.6 Å². The van der Waals surface area contributed by atoms with Gasteiger partial charge in [-0.3, -0.25) is 4.79 Å². The summed E-state index contributed by atoms with van der Waals surface area (Å²) in [5.41, 5.74) is 4.84.